The molecule has 1 saturated heterocycles. The lowest BCUT2D eigenvalue weighted by Gasteiger charge is -2.37. The van der Waals surface area contributed by atoms with Gasteiger partial charge >= 0.3 is 12.1 Å². The van der Waals surface area contributed by atoms with Crippen molar-refractivity contribution in [1.82, 2.24) is 9.88 Å². The Labute approximate surface area is 165 Å². The third-order valence-corrected chi connectivity index (χ3v) is 4.45. The van der Waals surface area contributed by atoms with Crippen molar-refractivity contribution in [3.8, 4) is 0 Å². The molecule has 0 bridgehead atoms. The highest BCUT2D eigenvalue weighted by molar-refractivity contribution is 5.98. The van der Waals surface area contributed by atoms with Crippen LogP contribution < -0.4 is 4.90 Å². The lowest BCUT2D eigenvalue weighted by Crippen LogP contribution is -2.50. The van der Waals surface area contributed by atoms with E-state index in [2.05, 4.69) is 9.88 Å². The van der Waals surface area contributed by atoms with Crippen molar-refractivity contribution in [3.63, 3.8) is 0 Å². The Bertz CT molecular complexity index is 868. The van der Waals surface area contributed by atoms with E-state index in [1.807, 2.05) is 45.0 Å². The maximum atomic E-state index is 12.3. The second-order valence-corrected chi connectivity index (χ2v) is 7.72. The highest BCUT2D eigenvalue weighted by atomic mass is 16.6. The second-order valence-electron chi connectivity index (χ2n) is 7.72. The number of anilines is 1. The number of carbonyl (C=O) groups is 2. The maximum absolute atomic E-state index is 12.3. The van der Waals surface area contributed by atoms with Gasteiger partial charge in [0.05, 0.1) is 12.1 Å². The van der Waals surface area contributed by atoms with Gasteiger partial charge in [0.25, 0.3) is 0 Å². The molecule has 1 aromatic heterocycles. The lowest BCUT2D eigenvalue weighted by atomic mass is 10.1. The summed E-state index contributed by atoms with van der Waals surface area (Å²) < 4.78 is 10.6. The van der Waals surface area contributed by atoms with Gasteiger partial charge in [0.2, 0.25) is 0 Å². The number of nitrogens with zero attached hydrogens (tertiary/aromatic N) is 3. The molecule has 0 aliphatic carbocycles. The molecule has 150 valence electrons. The fourth-order valence-corrected chi connectivity index (χ4v) is 3.18. The number of aromatic nitrogens is 1. The summed E-state index contributed by atoms with van der Waals surface area (Å²) in [6.07, 6.45) is -0.293. The van der Waals surface area contributed by atoms with Crippen LogP contribution in [0, 0.1) is 0 Å². The average Bonchev–Trinajstić information content (AvgIpc) is 2.66. The molecule has 7 nitrogen and oxygen atoms in total. The zero-order valence-corrected chi connectivity index (χ0v) is 16.9. The molecule has 0 saturated carbocycles. The van der Waals surface area contributed by atoms with Crippen molar-refractivity contribution in [2.75, 3.05) is 37.7 Å². The van der Waals surface area contributed by atoms with Crippen molar-refractivity contribution >= 4 is 28.7 Å². The first kappa shape index (κ1) is 19.9. The Morgan fingerprint density at radius 1 is 1.11 bits per heavy atom. The maximum Gasteiger partial charge on any atom is 0.410 e. The number of hydrogen-bond acceptors (Lipinski definition) is 6. The monoisotopic (exact) mass is 385 g/mol. The molecule has 7 heteroatoms. The van der Waals surface area contributed by atoms with Crippen LogP contribution in [0.5, 0.6) is 0 Å². The van der Waals surface area contributed by atoms with Gasteiger partial charge in [-0.25, -0.2) is 14.6 Å². The van der Waals surface area contributed by atoms with Gasteiger partial charge in [-0.1, -0.05) is 18.2 Å². The SMILES string of the molecule is CCOC(=O)c1cc(N2CCN(C(=O)OC(C)(C)C)CC2)c2ccccc2n1. The molecule has 3 rings (SSSR count). The molecule has 0 atom stereocenters. The number of pyridine rings is 1. The summed E-state index contributed by atoms with van der Waals surface area (Å²) in [4.78, 5) is 32.9. The fraction of sp³-hybridized carbons (Fsp3) is 0.476. The van der Waals surface area contributed by atoms with Gasteiger partial charge in [0.15, 0.2) is 5.69 Å². The quantitative estimate of drug-likeness (QED) is 0.754. The van der Waals surface area contributed by atoms with Gasteiger partial charge in [-0.15, -0.1) is 0 Å². The van der Waals surface area contributed by atoms with Crippen molar-refractivity contribution in [3.05, 3.63) is 36.0 Å². The number of hydrogen-bond donors (Lipinski definition) is 0. The Morgan fingerprint density at radius 3 is 2.43 bits per heavy atom. The summed E-state index contributed by atoms with van der Waals surface area (Å²) in [5.41, 5.74) is 1.46. The van der Waals surface area contributed by atoms with E-state index in [4.69, 9.17) is 9.47 Å². The van der Waals surface area contributed by atoms with Gasteiger partial charge in [0, 0.05) is 37.3 Å². The Kier molecular flexibility index (Phi) is 5.72. The number of rotatable bonds is 3. The molecule has 0 unspecified atom stereocenters. The molecule has 0 N–H and O–H groups in total. The number of benzene rings is 1. The lowest BCUT2D eigenvalue weighted by molar-refractivity contribution is 0.0240. The third-order valence-electron chi connectivity index (χ3n) is 4.45. The van der Waals surface area contributed by atoms with E-state index in [1.165, 1.54) is 0 Å². The predicted molar refractivity (Wildman–Crippen MR) is 108 cm³/mol. The van der Waals surface area contributed by atoms with Crippen molar-refractivity contribution in [2.45, 2.75) is 33.3 Å². The van der Waals surface area contributed by atoms with Crippen LogP contribution in [0.25, 0.3) is 10.9 Å². The van der Waals surface area contributed by atoms with Crippen molar-refractivity contribution < 1.29 is 19.1 Å². The highest BCUT2D eigenvalue weighted by Crippen LogP contribution is 2.28. The van der Waals surface area contributed by atoms with Crippen LogP contribution in [0.15, 0.2) is 30.3 Å². The fourth-order valence-electron chi connectivity index (χ4n) is 3.18. The zero-order chi connectivity index (χ0) is 20.3. The topological polar surface area (TPSA) is 72.0 Å². The summed E-state index contributed by atoms with van der Waals surface area (Å²) in [5.74, 6) is -0.429. The Hall–Kier alpha value is -2.83. The molecular weight excluding hydrogens is 358 g/mol. The molecule has 1 aromatic carbocycles. The number of esters is 1. The number of amides is 1. The van der Waals surface area contributed by atoms with Gasteiger partial charge < -0.3 is 19.3 Å². The summed E-state index contributed by atoms with van der Waals surface area (Å²) in [6, 6.07) is 9.51. The van der Waals surface area contributed by atoms with Gasteiger partial charge in [-0.3, -0.25) is 0 Å². The van der Waals surface area contributed by atoms with E-state index in [0.717, 1.165) is 16.6 Å². The van der Waals surface area contributed by atoms with Crippen molar-refractivity contribution in [1.29, 1.82) is 0 Å². The smallest absolute Gasteiger partial charge is 0.410 e. The number of fused-ring (bicyclic) bond motifs is 1. The van der Waals surface area contributed by atoms with Crippen LogP contribution in [0.2, 0.25) is 0 Å². The van der Waals surface area contributed by atoms with Crippen LogP contribution in [-0.4, -0.2) is 60.3 Å². The minimum Gasteiger partial charge on any atom is -0.461 e. The van der Waals surface area contributed by atoms with E-state index in [0.29, 0.717) is 38.5 Å². The molecule has 0 radical (unpaired) electrons. The molecule has 1 fully saturated rings. The minimum absolute atomic E-state index is 0.293. The summed E-state index contributed by atoms with van der Waals surface area (Å²) in [5, 5.41) is 0.973. The molecule has 1 aliphatic heterocycles. The molecule has 0 spiro atoms. The molecule has 28 heavy (non-hydrogen) atoms. The van der Waals surface area contributed by atoms with E-state index >= 15 is 0 Å². The summed E-state index contributed by atoms with van der Waals surface area (Å²) in [7, 11) is 0. The van der Waals surface area contributed by atoms with Gasteiger partial charge in [-0.2, -0.15) is 0 Å². The Morgan fingerprint density at radius 2 is 1.79 bits per heavy atom. The van der Waals surface area contributed by atoms with Crippen LogP contribution in [0.3, 0.4) is 0 Å². The molecule has 1 amide bonds. The molecular formula is C21H27N3O4. The van der Waals surface area contributed by atoms with E-state index in [1.54, 1.807) is 17.9 Å². The van der Waals surface area contributed by atoms with E-state index in [9.17, 15) is 9.59 Å². The van der Waals surface area contributed by atoms with Gasteiger partial charge in [-0.05, 0) is 39.8 Å². The largest absolute Gasteiger partial charge is 0.461 e. The first-order valence-corrected chi connectivity index (χ1v) is 9.58. The molecule has 1 aliphatic rings. The summed E-state index contributed by atoms with van der Waals surface area (Å²) in [6.45, 7) is 10.1. The number of para-hydroxylation sites is 1. The summed E-state index contributed by atoms with van der Waals surface area (Å²) >= 11 is 0. The normalized spacial score (nSPS) is 14.9. The van der Waals surface area contributed by atoms with Crippen LogP contribution in [0.1, 0.15) is 38.2 Å². The first-order chi connectivity index (χ1) is 13.3. The van der Waals surface area contributed by atoms with E-state index < -0.39 is 11.6 Å². The second kappa shape index (κ2) is 8.04. The first-order valence-electron chi connectivity index (χ1n) is 9.58. The highest BCUT2D eigenvalue weighted by Gasteiger charge is 2.27. The average molecular weight is 385 g/mol. The van der Waals surface area contributed by atoms with Crippen LogP contribution >= 0.6 is 0 Å². The Balaban J connectivity index is 1.82. The standard InChI is InChI=1S/C21H27N3O4/c1-5-27-19(25)17-14-18(15-8-6-7-9-16(15)22-17)23-10-12-24(13-11-23)20(26)28-21(2,3)4/h6-9,14H,5,10-13H2,1-4H3. The van der Waals surface area contributed by atoms with Crippen LogP contribution in [0.4, 0.5) is 10.5 Å². The van der Waals surface area contributed by atoms with Crippen LogP contribution in [-0.2, 0) is 9.47 Å². The number of carbonyl (C=O) groups excluding carboxylic acids is 2. The predicted octanol–water partition coefficient (Wildman–Crippen LogP) is 3.47. The van der Waals surface area contributed by atoms with Crippen molar-refractivity contribution in [2.24, 2.45) is 0 Å². The third kappa shape index (κ3) is 4.52. The number of piperazine rings is 1. The van der Waals surface area contributed by atoms with E-state index in [-0.39, 0.29) is 6.09 Å². The zero-order valence-electron chi connectivity index (χ0n) is 16.9. The number of ether oxygens (including phenoxy) is 2. The minimum atomic E-state index is -0.510. The molecule has 2 heterocycles. The molecule has 2 aromatic rings. The van der Waals surface area contributed by atoms with Gasteiger partial charge in [0.1, 0.15) is 5.60 Å².